The van der Waals surface area contributed by atoms with E-state index in [0.717, 1.165) is 42.2 Å². The van der Waals surface area contributed by atoms with Gasteiger partial charge in [0, 0.05) is 37.0 Å². The molecule has 2 rings (SSSR count). The van der Waals surface area contributed by atoms with E-state index in [4.69, 9.17) is 4.98 Å². The van der Waals surface area contributed by atoms with Crippen LogP contribution in [0.4, 0.5) is 0 Å². The molecule has 0 radical (unpaired) electrons. The number of hydrogen-bond donors (Lipinski definition) is 2. The third-order valence-electron chi connectivity index (χ3n) is 4.81. The van der Waals surface area contributed by atoms with Gasteiger partial charge in [-0.3, -0.25) is 4.99 Å². The smallest absolute Gasteiger partial charge is 0.191 e. The third-order valence-corrected chi connectivity index (χ3v) is 5.65. The van der Waals surface area contributed by atoms with E-state index in [0.29, 0.717) is 0 Å². The second-order valence-electron chi connectivity index (χ2n) is 7.96. The number of nitrogens with zero attached hydrogens (tertiary/aromatic N) is 3. The number of nitrogens with one attached hydrogen (secondary N) is 2. The topological polar surface area (TPSA) is 52.6 Å². The lowest BCUT2D eigenvalue weighted by Gasteiger charge is -2.33. The molecule has 1 fully saturated rings. The maximum absolute atomic E-state index is 4.72. The van der Waals surface area contributed by atoms with Crippen molar-refractivity contribution < 1.29 is 0 Å². The van der Waals surface area contributed by atoms with Crippen LogP contribution in [-0.4, -0.2) is 48.6 Å². The predicted molar refractivity (Wildman–Crippen MR) is 109 cm³/mol. The summed E-state index contributed by atoms with van der Waals surface area (Å²) in [6.45, 7) is 13.1. The molecule has 1 aromatic rings. The molecule has 1 aromatic heterocycles. The summed E-state index contributed by atoms with van der Waals surface area (Å²) in [6, 6.07) is 0.744. The Morgan fingerprint density at radius 3 is 2.80 bits per heavy atom. The quantitative estimate of drug-likeness (QED) is 0.461. The van der Waals surface area contributed by atoms with Crippen molar-refractivity contribution >= 4 is 17.3 Å². The van der Waals surface area contributed by atoms with Crippen molar-refractivity contribution in [3.05, 3.63) is 16.1 Å². The minimum atomic E-state index is 0.111. The van der Waals surface area contributed by atoms with Crippen LogP contribution in [0.3, 0.4) is 0 Å². The van der Waals surface area contributed by atoms with Crippen LogP contribution < -0.4 is 10.6 Å². The van der Waals surface area contributed by atoms with Crippen LogP contribution >= 0.6 is 11.3 Å². The Morgan fingerprint density at radius 2 is 2.16 bits per heavy atom. The molecule has 0 saturated carbocycles. The van der Waals surface area contributed by atoms with Crippen LogP contribution in [0.5, 0.6) is 0 Å². The SMILES string of the molecule is CN=C(NCCCN1CCCCC1C)NCc1nc(C(C)(C)C)cs1. The lowest BCUT2D eigenvalue weighted by atomic mass is 9.93. The highest BCUT2D eigenvalue weighted by Crippen LogP contribution is 2.23. The number of rotatable bonds is 6. The lowest BCUT2D eigenvalue weighted by Crippen LogP contribution is -2.41. The number of guanidine groups is 1. The van der Waals surface area contributed by atoms with Gasteiger partial charge in [-0.15, -0.1) is 11.3 Å². The van der Waals surface area contributed by atoms with Gasteiger partial charge in [0.05, 0.1) is 12.2 Å². The number of thiazole rings is 1. The lowest BCUT2D eigenvalue weighted by molar-refractivity contribution is 0.159. The van der Waals surface area contributed by atoms with E-state index in [2.05, 4.69) is 53.6 Å². The zero-order valence-electron chi connectivity index (χ0n) is 16.6. The van der Waals surface area contributed by atoms with Crippen LogP contribution in [0.25, 0.3) is 0 Å². The summed E-state index contributed by atoms with van der Waals surface area (Å²) in [5.74, 6) is 0.860. The first-order chi connectivity index (χ1) is 11.9. The Morgan fingerprint density at radius 1 is 1.36 bits per heavy atom. The monoisotopic (exact) mass is 365 g/mol. The molecule has 0 amide bonds. The average molecular weight is 366 g/mol. The van der Waals surface area contributed by atoms with E-state index in [-0.39, 0.29) is 5.41 Å². The standard InChI is InChI=1S/C19H35N5S/c1-15-9-6-7-11-24(15)12-8-10-21-18(20-5)22-13-17-23-16(14-25-17)19(2,3)4/h14-15H,6-13H2,1-5H3,(H2,20,21,22). The van der Waals surface area contributed by atoms with Crippen molar-refractivity contribution in [1.29, 1.82) is 0 Å². The van der Waals surface area contributed by atoms with E-state index in [1.54, 1.807) is 11.3 Å². The van der Waals surface area contributed by atoms with Crippen LogP contribution in [0, 0.1) is 0 Å². The summed E-state index contributed by atoms with van der Waals surface area (Å²) < 4.78 is 0. The molecule has 6 heteroatoms. The highest BCUT2D eigenvalue weighted by atomic mass is 32.1. The van der Waals surface area contributed by atoms with Gasteiger partial charge in [-0.05, 0) is 32.7 Å². The molecule has 25 heavy (non-hydrogen) atoms. The molecule has 0 aliphatic carbocycles. The molecule has 1 unspecified atom stereocenters. The largest absolute Gasteiger partial charge is 0.356 e. The Kier molecular flexibility index (Phi) is 7.69. The van der Waals surface area contributed by atoms with Gasteiger partial charge in [0.1, 0.15) is 5.01 Å². The van der Waals surface area contributed by atoms with E-state index >= 15 is 0 Å². The molecule has 142 valence electrons. The highest BCUT2D eigenvalue weighted by molar-refractivity contribution is 7.09. The van der Waals surface area contributed by atoms with E-state index in [1.165, 1.54) is 32.4 Å². The van der Waals surface area contributed by atoms with Gasteiger partial charge in [0.25, 0.3) is 0 Å². The normalized spacial score (nSPS) is 19.9. The first-order valence-electron chi connectivity index (χ1n) is 9.53. The van der Waals surface area contributed by atoms with Crippen molar-refractivity contribution in [2.45, 2.75) is 71.4 Å². The summed E-state index contributed by atoms with van der Waals surface area (Å²) in [5, 5.41) is 10.1. The van der Waals surface area contributed by atoms with Gasteiger partial charge in [-0.2, -0.15) is 0 Å². The van der Waals surface area contributed by atoms with Crippen LogP contribution in [0.15, 0.2) is 10.4 Å². The Bertz CT molecular complexity index is 546. The Labute approximate surface area is 157 Å². The number of aromatic nitrogens is 1. The summed E-state index contributed by atoms with van der Waals surface area (Å²) in [5.41, 5.74) is 1.27. The van der Waals surface area contributed by atoms with Crippen molar-refractivity contribution in [3.63, 3.8) is 0 Å². The molecule has 1 aliphatic heterocycles. The number of hydrogen-bond acceptors (Lipinski definition) is 4. The number of likely N-dealkylation sites (tertiary alicyclic amines) is 1. The Hall–Kier alpha value is -1.14. The zero-order valence-corrected chi connectivity index (χ0v) is 17.4. The molecule has 5 nitrogen and oxygen atoms in total. The van der Waals surface area contributed by atoms with Gasteiger partial charge < -0.3 is 15.5 Å². The second-order valence-corrected chi connectivity index (χ2v) is 8.91. The van der Waals surface area contributed by atoms with Gasteiger partial charge in [0.2, 0.25) is 0 Å². The zero-order chi connectivity index (χ0) is 18.3. The van der Waals surface area contributed by atoms with E-state index in [9.17, 15) is 0 Å². The summed E-state index contributed by atoms with van der Waals surface area (Å²) in [6.07, 6.45) is 5.24. The van der Waals surface area contributed by atoms with E-state index < -0.39 is 0 Å². The molecule has 0 aromatic carbocycles. The number of aliphatic imine (C=N–C) groups is 1. The fraction of sp³-hybridized carbons (Fsp3) is 0.789. The van der Waals surface area contributed by atoms with Gasteiger partial charge in [-0.1, -0.05) is 27.2 Å². The molecule has 1 atom stereocenters. The maximum atomic E-state index is 4.72. The summed E-state index contributed by atoms with van der Waals surface area (Å²) >= 11 is 1.71. The second kappa shape index (κ2) is 9.53. The van der Waals surface area contributed by atoms with Crippen molar-refractivity contribution in [3.8, 4) is 0 Å². The minimum Gasteiger partial charge on any atom is -0.356 e. The molecular weight excluding hydrogens is 330 g/mol. The van der Waals surface area contributed by atoms with Crippen molar-refractivity contribution in [2.75, 3.05) is 26.7 Å². The number of piperidine rings is 1. The first-order valence-corrected chi connectivity index (χ1v) is 10.4. The van der Waals surface area contributed by atoms with Crippen molar-refractivity contribution in [1.82, 2.24) is 20.5 Å². The fourth-order valence-corrected chi connectivity index (χ4v) is 4.06. The Balaban J connectivity index is 1.67. The molecule has 0 bridgehead atoms. The molecule has 2 N–H and O–H groups in total. The van der Waals surface area contributed by atoms with Gasteiger partial charge >= 0.3 is 0 Å². The minimum absolute atomic E-state index is 0.111. The highest BCUT2D eigenvalue weighted by Gasteiger charge is 2.18. The molecule has 1 aliphatic rings. The summed E-state index contributed by atoms with van der Waals surface area (Å²) in [7, 11) is 1.82. The van der Waals surface area contributed by atoms with Crippen LogP contribution in [-0.2, 0) is 12.0 Å². The third kappa shape index (κ3) is 6.59. The molecular formula is C19H35N5S. The van der Waals surface area contributed by atoms with Gasteiger partial charge in [0.15, 0.2) is 5.96 Å². The van der Waals surface area contributed by atoms with Crippen LogP contribution in [0.2, 0.25) is 0 Å². The molecule has 1 saturated heterocycles. The predicted octanol–water partition coefficient (Wildman–Crippen LogP) is 3.37. The first kappa shape index (κ1) is 20.2. The summed E-state index contributed by atoms with van der Waals surface area (Å²) in [4.78, 5) is 11.7. The van der Waals surface area contributed by atoms with Gasteiger partial charge in [-0.25, -0.2) is 4.98 Å². The van der Waals surface area contributed by atoms with Crippen molar-refractivity contribution in [2.24, 2.45) is 4.99 Å². The van der Waals surface area contributed by atoms with E-state index in [1.807, 2.05) is 7.05 Å². The fourth-order valence-electron chi connectivity index (χ4n) is 3.10. The van der Waals surface area contributed by atoms with Crippen LogP contribution in [0.1, 0.15) is 64.1 Å². The maximum Gasteiger partial charge on any atom is 0.191 e. The molecule has 2 heterocycles. The average Bonchev–Trinajstić information content (AvgIpc) is 3.05. The molecule has 0 spiro atoms.